The molecule has 5 nitrogen and oxygen atoms in total. The van der Waals surface area contributed by atoms with E-state index in [1.807, 2.05) is 30.3 Å². The Labute approximate surface area is 163 Å². The van der Waals surface area contributed by atoms with Crippen LogP contribution in [0.25, 0.3) is 0 Å². The molecule has 2 aromatic carbocycles. The van der Waals surface area contributed by atoms with Gasteiger partial charge in [0.25, 0.3) is 11.7 Å². The molecule has 1 fully saturated rings. The molecule has 0 radical (unpaired) electrons. The first-order valence-electron chi connectivity index (χ1n) is 8.87. The van der Waals surface area contributed by atoms with Crippen molar-refractivity contribution >= 4 is 23.2 Å². The van der Waals surface area contributed by atoms with Crippen LogP contribution in [0.2, 0.25) is 5.02 Å². The minimum absolute atomic E-state index is 0.238. The molecule has 27 heavy (non-hydrogen) atoms. The second-order valence-electron chi connectivity index (χ2n) is 6.43. The monoisotopic (exact) mass is 385 g/mol. The molecule has 0 unspecified atom stereocenters. The van der Waals surface area contributed by atoms with E-state index >= 15 is 0 Å². The van der Waals surface area contributed by atoms with Gasteiger partial charge in [-0.3, -0.25) is 4.79 Å². The summed E-state index contributed by atoms with van der Waals surface area (Å²) in [5, 5.41) is 0.537. The summed E-state index contributed by atoms with van der Waals surface area (Å²) in [5.41, 5.74) is 2.29. The fourth-order valence-corrected chi connectivity index (χ4v) is 3.64. The molecule has 0 saturated carbocycles. The highest BCUT2D eigenvalue weighted by atomic mass is 35.5. The van der Waals surface area contributed by atoms with Crippen molar-refractivity contribution < 1.29 is 19.0 Å². The SMILES string of the molecule is C=CCOc1ccccc1CN1C(=O)C2(OCCCO2)c2cc(Cl)ccc21. The van der Waals surface area contributed by atoms with Crippen molar-refractivity contribution in [2.75, 3.05) is 24.7 Å². The number of hydrogen-bond acceptors (Lipinski definition) is 4. The Morgan fingerprint density at radius 3 is 2.78 bits per heavy atom. The topological polar surface area (TPSA) is 48.0 Å². The van der Waals surface area contributed by atoms with Crippen LogP contribution in [0.4, 0.5) is 5.69 Å². The largest absolute Gasteiger partial charge is 0.489 e. The lowest BCUT2D eigenvalue weighted by Gasteiger charge is -2.32. The zero-order chi connectivity index (χ0) is 18.9. The van der Waals surface area contributed by atoms with Gasteiger partial charge in [0.15, 0.2) is 0 Å². The van der Waals surface area contributed by atoms with E-state index in [4.69, 9.17) is 25.8 Å². The van der Waals surface area contributed by atoms with Crippen LogP contribution in [0.15, 0.2) is 55.1 Å². The number of para-hydroxylation sites is 1. The Balaban J connectivity index is 1.72. The molecule has 0 aromatic heterocycles. The lowest BCUT2D eigenvalue weighted by molar-refractivity contribution is -0.256. The third kappa shape index (κ3) is 3.12. The van der Waals surface area contributed by atoms with Gasteiger partial charge >= 0.3 is 0 Å². The molecule has 2 aliphatic heterocycles. The molecular formula is C21H20ClNO4. The highest BCUT2D eigenvalue weighted by molar-refractivity contribution is 6.31. The molecule has 1 saturated heterocycles. The predicted octanol–water partition coefficient (Wildman–Crippen LogP) is 4.04. The van der Waals surface area contributed by atoms with Gasteiger partial charge in [-0.1, -0.05) is 42.5 Å². The molecule has 0 aliphatic carbocycles. The van der Waals surface area contributed by atoms with E-state index in [1.165, 1.54) is 0 Å². The van der Waals surface area contributed by atoms with Crippen LogP contribution in [0, 0.1) is 0 Å². The summed E-state index contributed by atoms with van der Waals surface area (Å²) in [7, 11) is 0. The number of benzene rings is 2. The van der Waals surface area contributed by atoms with Gasteiger partial charge in [-0.2, -0.15) is 0 Å². The van der Waals surface area contributed by atoms with Crippen LogP contribution in [0.3, 0.4) is 0 Å². The maximum atomic E-state index is 13.4. The fraction of sp³-hybridized carbons (Fsp3) is 0.286. The third-order valence-electron chi connectivity index (χ3n) is 4.69. The van der Waals surface area contributed by atoms with E-state index < -0.39 is 5.79 Å². The fourth-order valence-electron chi connectivity index (χ4n) is 3.47. The summed E-state index contributed by atoms with van der Waals surface area (Å²) in [4.78, 5) is 15.0. The van der Waals surface area contributed by atoms with Crippen molar-refractivity contribution in [1.82, 2.24) is 0 Å². The number of halogens is 1. The molecule has 0 atom stereocenters. The lowest BCUT2D eigenvalue weighted by Crippen LogP contribution is -2.47. The number of amides is 1. The van der Waals surface area contributed by atoms with Crippen LogP contribution in [0.5, 0.6) is 5.75 Å². The quantitative estimate of drug-likeness (QED) is 0.729. The van der Waals surface area contributed by atoms with Crippen molar-refractivity contribution in [3.8, 4) is 5.75 Å². The van der Waals surface area contributed by atoms with E-state index in [-0.39, 0.29) is 5.91 Å². The number of nitrogens with zero attached hydrogens (tertiary/aromatic N) is 1. The molecule has 2 heterocycles. The standard InChI is InChI=1S/C21H20ClNO4/c1-2-10-25-19-7-4-3-6-15(19)14-23-18-9-8-16(22)13-17(18)21(20(23)24)26-11-5-12-27-21/h2-4,6-9,13H,1,5,10-12,14H2. The summed E-state index contributed by atoms with van der Waals surface area (Å²) in [5.74, 6) is -0.930. The Kier molecular flexibility index (Phi) is 4.91. The zero-order valence-electron chi connectivity index (χ0n) is 14.8. The lowest BCUT2D eigenvalue weighted by atomic mass is 10.1. The summed E-state index contributed by atoms with van der Waals surface area (Å²) >= 11 is 6.19. The normalized spacial score (nSPS) is 17.8. The van der Waals surface area contributed by atoms with E-state index in [0.717, 1.165) is 17.7 Å². The van der Waals surface area contributed by atoms with Crippen LogP contribution in [-0.2, 0) is 26.6 Å². The average Bonchev–Trinajstić information content (AvgIpc) is 2.90. The van der Waals surface area contributed by atoms with Gasteiger partial charge in [-0.25, -0.2) is 0 Å². The molecule has 6 heteroatoms. The highest BCUT2D eigenvalue weighted by Gasteiger charge is 2.55. The molecule has 4 rings (SSSR count). The Morgan fingerprint density at radius 1 is 1.22 bits per heavy atom. The third-order valence-corrected chi connectivity index (χ3v) is 4.92. The van der Waals surface area contributed by atoms with Gasteiger partial charge in [-0.05, 0) is 30.7 Å². The van der Waals surface area contributed by atoms with Crippen LogP contribution < -0.4 is 9.64 Å². The van der Waals surface area contributed by atoms with Crippen molar-refractivity contribution in [3.05, 3.63) is 71.3 Å². The Bertz CT molecular complexity index is 876. The van der Waals surface area contributed by atoms with Crippen LogP contribution in [0.1, 0.15) is 17.5 Å². The molecule has 1 spiro atoms. The first kappa shape index (κ1) is 18.0. The van der Waals surface area contributed by atoms with Gasteiger partial charge < -0.3 is 19.1 Å². The predicted molar refractivity (Wildman–Crippen MR) is 103 cm³/mol. The van der Waals surface area contributed by atoms with E-state index in [9.17, 15) is 4.79 Å². The summed E-state index contributed by atoms with van der Waals surface area (Å²) in [6.07, 6.45) is 2.44. The van der Waals surface area contributed by atoms with Crippen molar-refractivity contribution in [1.29, 1.82) is 0 Å². The van der Waals surface area contributed by atoms with Crippen LogP contribution in [-0.4, -0.2) is 25.7 Å². The van der Waals surface area contributed by atoms with Gasteiger partial charge in [0.05, 0.1) is 25.4 Å². The molecule has 140 valence electrons. The molecule has 2 aliphatic rings. The number of anilines is 1. The number of hydrogen-bond donors (Lipinski definition) is 0. The average molecular weight is 386 g/mol. The molecule has 0 bridgehead atoms. The molecule has 0 N–H and O–H groups in total. The van der Waals surface area contributed by atoms with E-state index in [2.05, 4.69) is 6.58 Å². The summed E-state index contributed by atoms with van der Waals surface area (Å²) in [6.45, 7) is 5.35. The van der Waals surface area contributed by atoms with Crippen molar-refractivity contribution in [2.45, 2.75) is 18.8 Å². The number of ether oxygens (including phenoxy) is 3. The smallest absolute Gasteiger partial charge is 0.292 e. The minimum Gasteiger partial charge on any atom is -0.489 e. The zero-order valence-corrected chi connectivity index (χ0v) is 15.6. The van der Waals surface area contributed by atoms with Gasteiger partial charge in [0, 0.05) is 16.1 Å². The van der Waals surface area contributed by atoms with E-state index in [1.54, 1.807) is 23.1 Å². The summed E-state index contributed by atoms with van der Waals surface area (Å²) < 4.78 is 17.5. The minimum atomic E-state index is -1.41. The first-order valence-corrected chi connectivity index (χ1v) is 9.25. The van der Waals surface area contributed by atoms with Gasteiger partial charge in [0.2, 0.25) is 0 Å². The molecule has 1 amide bonds. The molecule has 2 aromatic rings. The Hall–Kier alpha value is -2.34. The molecular weight excluding hydrogens is 366 g/mol. The number of fused-ring (bicyclic) bond motifs is 2. The van der Waals surface area contributed by atoms with Crippen LogP contribution >= 0.6 is 11.6 Å². The second kappa shape index (κ2) is 7.35. The van der Waals surface area contributed by atoms with Crippen molar-refractivity contribution in [2.24, 2.45) is 0 Å². The maximum absolute atomic E-state index is 13.4. The van der Waals surface area contributed by atoms with Crippen molar-refractivity contribution in [3.63, 3.8) is 0 Å². The summed E-state index contributed by atoms with van der Waals surface area (Å²) in [6, 6.07) is 13.0. The first-order chi connectivity index (χ1) is 13.2. The second-order valence-corrected chi connectivity index (χ2v) is 6.86. The number of rotatable bonds is 5. The van der Waals surface area contributed by atoms with E-state index in [0.29, 0.717) is 42.7 Å². The highest BCUT2D eigenvalue weighted by Crippen LogP contribution is 2.47. The number of carbonyl (C=O) groups is 1. The van der Waals surface area contributed by atoms with Gasteiger partial charge in [0.1, 0.15) is 12.4 Å². The number of carbonyl (C=O) groups excluding carboxylic acids is 1. The maximum Gasteiger partial charge on any atom is 0.292 e. The van der Waals surface area contributed by atoms with Gasteiger partial charge in [-0.15, -0.1) is 0 Å². The Morgan fingerprint density at radius 2 is 2.00 bits per heavy atom.